The number of carbonyl (C=O) groups is 2. The van der Waals surface area contributed by atoms with Crippen LogP contribution in [0.2, 0.25) is 0 Å². The van der Waals surface area contributed by atoms with Gasteiger partial charge in [-0.25, -0.2) is 9.37 Å². The van der Waals surface area contributed by atoms with Gasteiger partial charge in [-0.15, -0.1) is 0 Å². The van der Waals surface area contributed by atoms with Gasteiger partial charge >= 0.3 is 5.91 Å². The first-order valence-corrected chi connectivity index (χ1v) is 11.6. The Labute approximate surface area is 199 Å². The van der Waals surface area contributed by atoms with Crippen molar-refractivity contribution in [2.45, 2.75) is 26.8 Å². The van der Waals surface area contributed by atoms with Crippen LogP contribution in [0.3, 0.4) is 0 Å². The summed E-state index contributed by atoms with van der Waals surface area (Å²) >= 11 is 1.33. The summed E-state index contributed by atoms with van der Waals surface area (Å²) in [5.41, 5.74) is 4.76. The van der Waals surface area contributed by atoms with E-state index in [2.05, 4.69) is 4.98 Å². The number of amides is 1. The molecule has 1 aliphatic heterocycles. The Morgan fingerprint density at radius 1 is 1.00 bits per heavy atom. The highest BCUT2D eigenvalue weighted by Gasteiger charge is 2.48. The van der Waals surface area contributed by atoms with Crippen LogP contribution in [0.4, 0.5) is 9.52 Å². The molecule has 0 bridgehead atoms. The Morgan fingerprint density at radius 3 is 2.41 bits per heavy atom. The Morgan fingerprint density at radius 2 is 1.71 bits per heavy atom. The number of hydrogen-bond acceptors (Lipinski definition) is 5. The van der Waals surface area contributed by atoms with E-state index < -0.39 is 23.5 Å². The zero-order valence-corrected chi connectivity index (χ0v) is 19.6. The number of fused-ring (bicyclic) bond motifs is 1. The molecular weight excluding hydrogens is 451 g/mol. The number of hydrogen-bond donors (Lipinski definition) is 1. The molecule has 1 N–H and O–H groups in total. The molecule has 1 unspecified atom stereocenters. The zero-order valence-electron chi connectivity index (χ0n) is 18.8. The van der Waals surface area contributed by atoms with Crippen molar-refractivity contribution in [1.82, 2.24) is 4.98 Å². The Balaban J connectivity index is 1.74. The van der Waals surface area contributed by atoms with Crippen LogP contribution in [0.15, 0.2) is 66.2 Å². The highest BCUT2D eigenvalue weighted by molar-refractivity contribution is 7.22. The number of aromatic nitrogens is 1. The lowest BCUT2D eigenvalue weighted by Crippen LogP contribution is -2.29. The Hall–Kier alpha value is -3.84. The van der Waals surface area contributed by atoms with Crippen molar-refractivity contribution in [3.05, 3.63) is 99.9 Å². The van der Waals surface area contributed by atoms with E-state index in [1.807, 2.05) is 57.2 Å². The summed E-state index contributed by atoms with van der Waals surface area (Å²) in [5.74, 6) is -2.38. The average molecular weight is 473 g/mol. The second-order valence-electron chi connectivity index (χ2n) is 8.49. The van der Waals surface area contributed by atoms with Crippen LogP contribution < -0.4 is 4.90 Å². The number of rotatable bonds is 3. The molecule has 1 aliphatic rings. The fourth-order valence-electron chi connectivity index (χ4n) is 4.22. The number of halogens is 1. The quantitative estimate of drug-likeness (QED) is 0.226. The lowest BCUT2D eigenvalue weighted by molar-refractivity contribution is -0.132. The first-order chi connectivity index (χ1) is 16.2. The molecule has 1 atom stereocenters. The SMILES string of the molecule is Cc1cccc(C2/C(=C(\O)c3ccc(F)cc3)C(=O)C(=O)N2c2nc3cc(C)c(C)cc3s2)c1. The second kappa shape index (κ2) is 8.18. The normalized spacial score (nSPS) is 17.6. The highest BCUT2D eigenvalue weighted by Crippen LogP contribution is 2.44. The number of anilines is 1. The first-order valence-electron chi connectivity index (χ1n) is 10.8. The second-order valence-corrected chi connectivity index (χ2v) is 9.50. The maximum Gasteiger partial charge on any atom is 0.301 e. The van der Waals surface area contributed by atoms with Crippen molar-refractivity contribution in [2.24, 2.45) is 0 Å². The molecule has 7 heteroatoms. The summed E-state index contributed by atoms with van der Waals surface area (Å²) < 4.78 is 14.4. The van der Waals surface area contributed by atoms with Crippen LogP contribution in [-0.2, 0) is 9.59 Å². The van der Waals surface area contributed by atoms with Crippen LogP contribution in [-0.4, -0.2) is 21.8 Å². The summed E-state index contributed by atoms with van der Waals surface area (Å²) in [7, 11) is 0. The third kappa shape index (κ3) is 3.58. The van der Waals surface area contributed by atoms with Crippen molar-refractivity contribution in [3.63, 3.8) is 0 Å². The summed E-state index contributed by atoms with van der Waals surface area (Å²) in [4.78, 5) is 32.6. The van der Waals surface area contributed by atoms with Gasteiger partial charge in [0.15, 0.2) is 5.13 Å². The summed E-state index contributed by atoms with van der Waals surface area (Å²) in [6.07, 6.45) is 0. The van der Waals surface area contributed by atoms with Gasteiger partial charge in [-0.05, 0) is 73.9 Å². The molecule has 1 aromatic heterocycles. The predicted octanol–water partition coefficient (Wildman–Crippen LogP) is 5.99. The molecule has 34 heavy (non-hydrogen) atoms. The molecule has 3 aromatic carbocycles. The third-order valence-corrected chi connectivity index (χ3v) is 7.14. The maximum absolute atomic E-state index is 13.5. The van der Waals surface area contributed by atoms with Gasteiger partial charge in [0.25, 0.3) is 5.78 Å². The number of thiazole rings is 1. The van der Waals surface area contributed by atoms with E-state index in [4.69, 9.17) is 0 Å². The van der Waals surface area contributed by atoms with Crippen LogP contribution >= 0.6 is 11.3 Å². The number of benzene rings is 3. The van der Waals surface area contributed by atoms with Crippen LogP contribution in [0.1, 0.15) is 33.9 Å². The van der Waals surface area contributed by atoms with Crippen molar-refractivity contribution in [2.75, 3.05) is 4.90 Å². The van der Waals surface area contributed by atoms with Gasteiger partial charge in [-0.3, -0.25) is 14.5 Å². The number of aryl methyl sites for hydroxylation is 3. The maximum atomic E-state index is 13.5. The molecule has 5 rings (SSSR count). The highest BCUT2D eigenvalue weighted by atomic mass is 32.1. The van der Waals surface area contributed by atoms with E-state index >= 15 is 0 Å². The molecule has 5 nitrogen and oxygen atoms in total. The number of carbonyl (C=O) groups excluding carboxylic acids is 2. The van der Waals surface area contributed by atoms with Gasteiger partial charge in [0.05, 0.1) is 21.8 Å². The molecule has 0 aliphatic carbocycles. The van der Waals surface area contributed by atoms with Gasteiger partial charge in [0.2, 0.25) is 0 Å². The monoisotopic (exact) mass is 472 g/mol. The standard InChI is InChI=1S/C27H21FN2O3S/c1-14-5-4-6-18(11-14)23-22(24(31)17-7-9-19(28)10-8-17)25(32)26(33)30(23)27-29-20-12-15(2)16(3)13-21(20)34-27/h4-13,23,31H,1-3H3/b24-22+. The van der Waals surface area contributed by atoms with E-state index in [9.17, 15) is 19.1 Å². The van der Waals surface area contributed by atoms with Crippen molar-refractivity contribution < 1.29 is 19.1 Å². The van der Waals surface area contributed by atoms with Crippen LogP contribution in [0.5, 0.6) is 0 Å². The summed E-state index contributed by atoms with van der Waals surface area (Å²) in [6.45, 7) is 5.92. The minimum absolute atomic E-state index is 0.0474. The molecule has 0 saturated carbocycles. The molecule has 1 amide bonds. The summed E-state index contributed by atoms with van der Waals surface area (Å²) in [6, 6.07) is 15.7. The smallest absolute Gasteiger partial charge is 0.301 e. The van der Waals surface area contributed by atoms with Crippen molar-refractivity contribution in [1.29, 1.82) is 0 Å². The topological polar surface area (TPSA) is 70.5 Å². The first kappa shape index (κ1) is 22.0. The third-order valence-electron chi connectivity index (χ3n) is 6.12. The van der Waals surface area contributed by atoms with E-state index in [-0.39, 0.29) is 16.9 Å². The molecule has 4 aromatic rings. The van der Waals surface area contributed by atoms with Crippen LogP contribution in [0.25, 0.3) is 16.0 Å². The van der Waals surface area contributed by atoms with Gasteiger partial charge in [0.1, 0.15) is 11.6 Å². The van der Waals surface area contributed by atoms with E-state index in [1.54, 1.807) is 0 Å². The fraction of sp³-hybridized carbons (Fsp3) is 0.148. The minimum atomic E-state index is -0.868. The zero-order chi connectivity index (χ0) is 24.1. The number of nitrogens with zero attached hydrogens (tertiary/aromatic N) is 2. The molecule has 1 fully saturated rings. The predicted molar refractivity (Wildman–Crippen MR) is 131 cm³/mol. The fourth-order valence-corrected chi connectivity index (χ4v) is 5.29. The lowest BCUT2D eigenvalue weighted by Gasteiger charge is -2.23. The van der Waals surface area contributed by atoms with Gasteiger partial charge in [0, 0.05) is 5.56 Å². The van der Waals surface area contributed by atoms with Crippen molar-refractivity contribution in [3.8, 4) is 0 Å². The average Bonchev–Trinajstić information content (AvgIpc) is 3.32. The van der Waals surface area contributed by atoms with Gasteiger partial charge in [-0.1, -0.05) is 41.2 Å². The summed E-state index contributed by atoms with van der Waals surface area (Å²) in [5, 5.41) is 11.5. The number of aliphatic hydroxyl groups excluding tert-OH is 1. The van der Waals surface area contributed by atoms with E-state index in [0.717, 1.165) is 26.9 Å². The number of ketones is 1. The Kier molecular flexibility index (Phi) is 5.29. The number of aliphatic hydroxyl groups is 1. The van der Waals surface area contributed by atoms with Gasteiger partial charge < -0.3 is 5.11 Å². The lowest BCUT2D eigenvalue weighted by atomic mass is 9.94. The van der Waals surface area contributed by atoms with E-state index in [0.29, 0.717) is 10.7 Å². The molecular formula is C27H21FN2O3S. The molecule has 2 heterocycles. The molecule has 1 saturated heterocycles. The largest absolute Gasteiger partial charge is 0.507 e. The molecule has 0 spiro atoms. The minimum Gasteiger partial charge on any atom is -0.507 e. The van der Waals surface area contributed by atoms with Crippen molar-refractivity contribution >= 4 is 44.1 Å². The Bertz CT molecular complexity index is 1470. The van der Waals surface area contributed by atoms with E-state index in [1.165, 1.54) is 40.5 Å². The number of Topliss-reactive ketones (excluding diaryl/α,β-unsaturated/α-hetero) is 1. The molecule has 170 valence electrons. The van der Waals surface area contributed by atoms with Gasteiger partial charge in [-0.2, -0.15) is 0 Å². The molecule has 0 radical (unpaired) electrons. The van der Waals surface area contributed by atoms with Crippen LogP contribution in [0, 0.1) is 26.6 Å².